The monoisotopic (exact) mass is 396 g/mol. The summed E-state index contributed by atoms with van der Waals surface area (Å²) in [5.41, 5.74) is 1.31. The highest BCUT2D eigenvalue weighted by atomic mass is 32.2. The quantitative estimate of drug-likeness (QED) is 0.800. The van der Waals surface area contributed by atoms with E-state index >= 15 is 0 Å². The Hall–Kier alpha value is -0.960. The molecule has 144 valence electrons. The molecule has 2 saturated heterocycles. The zero-order valence-corrected chi connectivity index (χ0v) is 17.4. The molecule has 8 heteroatoms. The van der Waals surface area contributed by atoms with Gasteiger partial charge in [-0.25, -0.2) is 17.7 Å². The summed E-state index contributed by atoms with van der Waals surface area (Å²) < 4.78 is 27.4. The zero-order valence-electron chi connectivity index (χ0n) is 15.8. The van der Waals surface area contributed by atoms with Crippen LogP contribution in [0.5, 0.6) is 0 Å². The molecule has 0 bridgehead atoms. The van der Waals surface area contributed by atoms with E-state index in [4.69, 9.17) is 4.98 Å². The Morgan fingerprint density at radius 1 is 1.27 bits per heavy atom. The molecule has 0 spiro atoms. The van der Waals surface area contributed by atoms with Gasteiger partial charge in [-0.3, -0.25) is 9.30 Å². The van der Waals surface area contributed by atoms with Crippen LogP contribution in [-0.4, -0.2) is 65.5 Å². The highest BCUT2D eigenvalue weighted by Crippen LogP contribution is 2.38. The number of imidazole rings is 1. The second kappa shape index (κ2) is 6.58. The number of aromatic nitrogens is 2. The lowest BCUT2D eigenvalue weighted by Gasteiger charge is -2.45. The van der Waals surface area contributed by atoms with Crippen LogP contribution in [0.15, 0.2) is 11.6 Å². The topological polar surface area (TPSA) is 57.9 Å². The lowest BCUT2D eigenvalue weighted by molar-refractivity contribution is 0.0789. The minimum Gasteiger partial charge on any atom is -0.299 e. The van der Waals surface area contributed by atoms with E-state index in [0.29, 0.717) is 19.1 Å². The summed E-state index contributed by atoms with van der Waals surface area (Å²) in [4.78, 5) is 8.80. The highest BCUT2D eigenvalue weighted by molar-refractivity contribution is 7.88. The Kier molecular flexibility index (Phi) is 4.66. The molecule has 0 radical (unpaired) electrons. The Morgan fingerprint density at radius 3 is 2.69 bits per heavy atom. The van der Waals surface area contributed by atoms with Crippen molar-refractivity contribution in [1.29, 1.82) is 0 Å². The number of thiazole rings is 1. The van der Waals surface area contributed by atoms with Gasteiger partial charge in [0.05, 0.1) is 11.9 Å². The van der Waals surface area contributed by atoms with E-state index in [1.165, 1.54) is 23.2 Å². The average Bonchev–Trinajstić information content (AvgIpc) is 3.19. The van der Waals surface area contributed by atoms with Gasteiger partial charge in [0.1, 0.15) is 10.7 Å². The zero-order chi connectivity index (χ0) is 18.5. The van der Waals surface area contributed by atoms with Gasteiger partial charge in [-0.05, 0) is 39.2 Å². The molecule has 0 N–H and O–H groups in total. The smallest absolute Gasteiger partial charge is 0.211 e. The van der Waals surface area contributed by atoms with Crippen LogP contribution in [0.4, 0.5) is 0 Å². The number of piperidine rings is 2. The summed E-state index contributed by atoms with van der Waals surface area (Å²) >= 11 is 1.78. The first kappa shape index (κ1) is 18.4. The van der Waals surface area contributed by atoms with Crippen LogP contribution in [0.25, 0.3) is 4.83 Å². The van der Waals surface area contributed by atoms with Crippen molar-refractivity contribution < 1.29 is 8.42 Å². The number of hydrogen-bond acceptors (Lipinski definition) is 5. The average molecular weight is 397 g/mol. The van der Waals surface area contributed by atoms with Crippen molar-refractivity contribution >= 4 is 26.2 Å². The first-order valence-electron chi connectivity index (χ1n) is 9.40. The summed E-state index contributed by atoms with van der Waals surface area (Å²) in [5, 5.41) is 2.14. The lowest BCUT2D eigenvalue weighted by Crippen LogP contribution is -2.52. The van der Waals surface area contributed by atoms with Crippen molar-refractivity contribution in [2.24, 2.45) is 0 Å². The third-order valence-corrected chi connectivity index (χ3v) is 8.31. The van der Waals surface area contributed by atoms with Crippen LogP contribution in [0.2, 0.25) is 0 Å². The predicted molar refractivity (Wildman–Crippen MR) is 105 cm³/mol. The molecule has 0 aromatic carbocycles. The third-order valence-electron chi connectivity index (χ3n) is 6.14. The SMILES string of the molecule is Cc1nc([C@@]2(C)CCCN(C3CCN(S(C)(=O)=O)CC3)C2)c2sccn12. The Morgan fingerprint density at radius 2 is 2.00 bits per heavy atom. The molecule has 26 heavy (non-hydrogen) atoms. The second-order valence-corrected chi connectivity index (χ2v) is 11.0. The minimum absolute atomic E-state index is 0.0661. The van der Waals surface area contributed by atoms with Gasteiger partial charge >= 0.3 is 0 Å². The van der Waals surface area contributed by atoms with Crippen LogP contribution < -0.4 is 0 Å². The molecular weight excluding hydrogens is 368 g/mol. The number of likely N-dealkylation sites (tertiary alicyclic amines) is 1. The fourth-order valence-electron chi connectivity index (χ4n) is 4.68. The normalized spacial score (nSPS) is 27.3. The predicted octanol–water partition coefficient (Wildman–Crippen LogP) is 2.48. The van der Waals surface area contributed by atoms with Gasteiger partial charge in [-0.2, -0.15) is 0 Å². The van der Waals surface area contributed by atoms with Crippen molar-refractivity contribution in [2.75, 3.05) is 32.4 Å². The third kappa shape index (κ3) is 3.21. The van der Waals surface area contributed by atoms with E-state index in [1.54, 1.807) is 15.6 Å². The summed E-state index contributed by atoms with van der Waals surface area (Å²) in [7, 11) is -3.06. The van der Waals surface area contributed by atoms with E-state index in [1.807, 2.05) is 0 Å². The van der Waals surface area contributed by atoms with Gasteiger partial charge in [-0.1, -0.05) is 6.92 Å². The van der Waals surface area contributed by atoms with Gasteiger partial charge in [0.25, 0.3) is 0 Å². The first-order valence-corrected chi connectivity index (χ1v) is 12.1. The molecule has 0 unspecified atom stereocenters. The number of fused-ring (bicyclic) bond motifs is 1. The summed E-state index contributed by atoms with van der Waals surface area (Å²) in [6.07, 6.45) is 7.62. The van der Waals surface area contributed by atoms with Crippen LogP contribution in [-0.2, 0) is 15.4 Å². The molecule has 4 heterocycles. The molecule has 4 rings (SSSR count). The largest absolute Gasteiger partial charge is 0.299 e. The molecule has 2 aromatic heterocycles. The van der Waals surface area contributed by atoms with Gasteiger partial charge in [0, 0.05) is 42.7 Å². The lowest BCUT2D eigenvalue weighted by atomic mass is 9.78. The molecule has 2 aromatic rings. The standard InChI is InChI=1S/C18H28N4O2S2/c1-14-19-16(17-22(14)11-12-25-17)18(2)7-4-8-20(13-18)15-5-9-21(10-6-15)26(3,23)24/h11-12,15H,4-10,13H2,1-3H3/t18-/m0/s1. The van der Waals surface area contributed by atoms with E-state index in [0.717, 1.165) is 38.2 Å². The molecule has 0 saturated carbocycles. The molecule has 2 aliphatic heterocycles. The first-order chi connectivity index (χ1) is 12.3. The van der Waals surface area contributed by atoms with Crippen molar-refractivity contribution in [3.05, 3.63) is 23.1 Å². The minimum atomic E-state index is -3.06. The fourth-order valence-corrected chi connectivity index (χ4v) is 6.58. The maximum absolute atomic E-state index is 11.8. The Bertz CT molecular complexity index is 896. The van der Waals surface area contributed by atoms with Crippen molar-refractivity contribution in [3.8, 4) is 0 Å². The fraction of sp³-hybridized carbons (Fsp3) is 0.722. The van der Waals surface area contributed by atoms with E-state index in [2.05, 4.69) is 34.7 Å². The molecule has 6 nitrogen and oxygen atoms in total. The molecule has 0 aliphatic carbocycles. The molecule has 1 atom stereocenters. The number of nitrogens with zero attached hydrogens (tertiary/aromatic N) is 4. The van der Waals surface area contributed by atoms with Crippen LogP contribution in [0.1, 0.15) is 44.1 Å². The number of rotatable bonds is 3. The molecule has 2 aliphatic rings. The Labute approximate surface area is 159 Å². The highest BCUT2D eigenvalue weighted by Gasteiger charge is 2.39. The second-order valence-electron chi connectivity index (χ2n) is 8.11. The van der Waals surface area contributed by atoms with Gasteiger partial charge < -0.3 is 0 Å². The van der Waals surface area contributed by atoms with E-state index < -0.39 is 10.0 Å². The van der Waals surface area contributed by atoms with Crippen molar-refractivity contribution in [1.82, 2.24) is 18.6 Å². The van der Waals surface area contributed by atoms with Crippen LogP contribution in [0, 0.1) is 6.92 Å². The van der Waals surface area contributed by atoms with Gasteiger partial charge in [0.2, 0.25) is 10.0 Å². The molecule has 0 amide bonds. The van der Waals surface area contributed by atoms with Gasteiger partial charge in [-0.15, -0.1) is 11.3 Å². The van der Waals surface area contributed by atoms with Crippen molar-refractivity contribution in [2.45, 2.75) is 51.0 Å². The summed E-state index contributed by atoms with van der Waals surface area (Å²) in [6.45, 7) is 7.85. The summed E-state index contributed by atoms with van der Waals surface area (Å²) in [5.74, 6) is 1.07. The maximum Gasteiger partial charge on any atom is 0.211 e. The van der Waals surface area contributed by atoms with E-state index in [9.17, 15) is 8.42 Å². The number of sulfonamides is 1. The number of hydrogen-bond donors (Lipinski definition) is 0. The number of aryl methyl sites for hydroxylation is 1. The molecular formula is C18H28N4O2S2. The van der Waals surface area contributed by atoms with Crippen LogP contribution in [0.3, 0.4) is 0 Å². The van der Waals surface area contributed by atoms with Gasteiger partial charge in [0.15, 0.2) is 0 Å². The van der Waals surface area contributed by atoms with Crippen LogP contribution >= 0.6 is 11.3 Å². The maximum atomic E-state index is 11.8. The van der Waals surface area contributed by atoms with Crippen molar-refractivity contribution in [3.63, 3.8) is 0 Å². The van der Waals surface area contributed by atoms with E-state index in [-0.39, 0.29) is 5.41 Å². The Balaban J connectivity index is 1.52. The molecule has 2 fully saturated rings. The summed E-state index contributed by atoms with van der Waals surface area (Å²) in [6, 6.07) is 0.482.